The number of halogens is 1. The van der Waals surface area contributed by atoms with Gasteiger partial charge in [0.05, 0.1) is 28.9 Å². The summed E-state index contributed by atoms with van der Waals surface area (Å²) >= 11 is 6.08. The Labute approximate surface area is 127 Å². The number of esters is 1. The van der Waals surface area contributed by atoms with E-state index in [0.29, 0.717) is 5.69 Å². The molecule has 0 bridgehead atoms. The van der Waals surface area contributed by atoms with Gasteiger partial charge in [-0.1, -0.05) is 17.7 Å². The zero-order chi connectivity index (χ0) is 15.8. The minimum Gasteiger partial charge on any atom is -0.465 e. The molecule has 1 aromatic rings. The first kappa shape index (κ1) is 16.7. The van der Waals surface area contributed by atoms with Crippen LogP contribution in [0.5, 0.6) is 0 Å². The maximum Gasteiger partial charge on any atom is 0.328 e. The molecule has 1 aromatic carbocycles. The van der Waals surface area contributed by atoms with Crippen LogP contribution in [-0.2, 0) is 9.53 Å². The third-order valence-electron chi connectivity index (χ3n) is 2.49. The van der Waals surface area contributed by atoms with Gasteiger partial charge in [-0.2, -0.15) is 5.26 Å². The van der Waals surface area contributed by atoms with Gasteiger partial charge >= 0.3 is 5.97 Å². The van der Waals surface area contributed by atoms with E-state index < -0.39 is 11.9 Å². The highest BCUT2D eigenvalue weighted by molar-refractivity contribution is 6.36. The second kappa shape index (κ2) is 8.02. The van der Waals surface area contributed by atoms with E-state index in [4.69, 9.17) is 21.6 Å². The Bertz CT molecular complexity index is 608. The van der Waals surface area contributed by atoms with Gasteiger partial charge in [-0.05, 0) is 19.1 Å². The van der Waals surface area contributed by atoms with E-state index in [2.05, 4.69) is 10.3 Å². The van der Waals surface area contributed by atoms with Crippen molar-refractivity contribution in [1.82, 2.24) is 5.32 Å². The van der Waals surface area contributed by atoms with Gasteiger partial charge in [0.2, 0.25) is 0 Å². The fourth-order valence-electron chi connectivity index (χ4n) is 1.46. The zero-order valence-electron chi connectivity index (χ0n) is 11.6. The minimum absolute atomic E-state index is 0.147. The van der Waals surface area contributed by atoms with Gasteiger partial charge in [-0.25, -0.2) is 0 Å². The molecular weight excluding hydrogens is 294 g/mol. The van der Waals surface area contributed by atoms with Crippen molar-refractivity contribution < 1.29 is 14.3 Å². The molecule has 0 aliphatic carbocycles. The molecule has 0 fully saturated rings. The second-order valence-electron chi connectivity index (χ2n) is 3.85. The topological polar surface area (TPSA) is 91.6 Å². The summed E-state index contributed by atoms with van der Waals surface area (Å²) in [6, 6.07) is 6.51. The molecule has 1 amide bonds. The molecule has 0 aliphatic heterocycles. The van der Waals surface area contributed by atoms with E-state index in [1.165, 1.54) is 7.05 Å². The summed E-state index contributed by atoms with van der Waals surface area (Å²) in [5.74, 6) is -2.15. The van der Waals surface area contributed by atoms with Crippen LogP contribution in [0.15, 0.2) is 23.2 Å². The number of nitrogens with one attached hydrogen (secondary N) is 1. The molecule has 6 nitrogen and oxygen atoms in total. The van der Waals surface area contributed by atoms with Crippen LogP contribution in [0.4, 0.5) is 5.69 Å². The van der Waals surface area contributed by atoms with Crippen molar-refractivity contribution in [2.24, 2.45) is 10.9 Å². The predicted octanol–water partition coefficient (Wildman–Crippen LogP) is 2.10. The lowest BCUT2D eigenvalue weighted by Crippen LogP contribution is -2.18. The smallest absolute Gasteiger partial charge is 0.328 e. The highest BCUT2D eigenvalue weighted by atomic mass is 35.5. The van der Waals surface area contributed by atoms with Crippen LogP contribution in [0.25, 0.3) is 0 Å². The van der Waals surface area contributed by atoms with Crippen molar-refractivity contribution in [2.45, 2.75) is 6.92 Å². The summed E-state index contributed by atoms with van der Waals surface area (Å²) in [6.07, 6.45) is 1.15. The Morgan fingerprint density at radius 2 is 2.29 bits per heavy atom. The second-order valence-corrected chi connectivity index (χ2v) is 4.23. The van der Waals surface area contributed by atoms with Gasteiger partial charge in [0, 0.05) is 13.3 Å². The van der Waals surface area contributed by atoms with E-state index in [1.54, 1.807) is 31.2 Å². The van der Waals surface area contributed by atoms with E-state index in [9.17, 15) is 9.59 Å². The lowest BCUT2D eigenvalue weighted by molar-refractivity contribution is -0.143. The number of aliphatic imine (C=N–C) groups is 1. The van der Waals surface area contributed by atoms with Crippen molar-refractivity contribution in [1.29, 1.82) is 5.26 Å². The van der Waals surface area contributed by atoms with Gasteiger partial charge < -0.3 is 10.1 Å². The summed E-state index contributed by atoms with van der Waals surface area (Å²) in [4.78, 5) is 27.1. The van der Waals surface area contributed by atoms with Crippen LogP contribution >= 0.6 is 11.6 Å². The lowest BCUT2D eigenvalue weighted by Gasteiger charge is -2.06. The van der Waals surface area contributed by atoms with Crippen molar-refractivity contribution in [3.8, 4) is 6.07 Å². The third-order valence-corrected chi connectivity index (χ3v) is 2.89. The lowest BCUT2D eigenvalue weighted by atomic mass is 10.1. The molecule has 1 atom stereocenters. The summed E-state index contributed by atoms with van der Waals surface area (Å²) in [6.45, 7) is 1.82. The first-order valence-electron chi connectivity index (χ1n) is 6.16. The van der Waals surface area contributed by atoms with Crippen LogP contribution < -0.4 is 5.32 Å². The van der Waals surface area contributed by atoms with Gasteiger partial charge in [-0.15, -0.1) is 0 Å². The van der Waals surface area contributed by atoms with Gasteiger partial charge in [-0.3, -0.25) is 14.6 Å². The number of hydrogen-bond donors (Lipinski definition) is 1. The summed E-state index contributed by atoms with van der Waals surface area (Å²) < 4.78 is 4.74. The fourth-order valence-corrected chi connectivity index (χ4v) is 1.72. The Morgan fingerprint density at radius 3 is 2.86 bits per heavy atom. The standard InChI is InChI=1S/C14H14ClN3O3/c1-3-21-14(20)9(7-16)8-18-11-6-4-5-10(12(11)15)13(19)17-2/h4-6,8-9H,3H2,1-2H3,(H,17,19). The van der Waals surface area contributed by atoms with Gasteiger partial charge in [0.1, 0.15) is 0 Å². The number of benzene rings is 1. The Morgan fingerprint density at radius 1 is 1.57 bits per heavy atom. The van der Waals surface area contributed by atoms with Crippen molar-refractivity contribution in [3.05, 3.63) is 28.8 Å². The number of rotatable bonds is 5. The Hall–Kier alpha value is -2.39. The van der Waals surface area contributed by atoms with E-state index in [1.807, 2.05) is 0 Å². The number of nitriles is 1. The first-order chi connectivity index (χ1) is 10.0. The molecule has 1 unspecified atom stereocenters. The molecule has 0 aliphatic rings. The molecule has 110 valence electrons. The molecular formula is C14H14ClN3O3. The predicted molar refractivity (Wildman–Crippen MR) is 78.7 cm³/mol. The molecule has 0 saturated carbocycles. The number of carbonyl (C=O) groups is 2. The largest absolute Gasteiger partial charge is 0.465 e. The SMILES string of the molecule is CCOC(=O)C(C#N)C=Nc1cccc(C(=O)NC)c1Cl. The van der Waals surface area contributed by atoms with E-state index >= 15 is 0 Å². The third kappa shape index (κ3) is 4.29. The Balaban J connectivity index is 3.02. The molecule has 7 heteroatoms. The average Bonchev–Trinajstić information content (AvgIpc) is 2.49. The summed E-state index contributed by atoms with van der Waals surface area (Å²) in [5, 5.41) is 11.5. The van der Waals surface area contributed by atoms with Crippen LogP contribution in [-0.4, -0.2) is 31.7 Å². The molecule has 0 saturated heterocycles. The van der Waals surface area contributed by atoms with Crippen LogP contribution in [0, 0.1) is 17.2 Å². The molecule has 1 N–H and O–H groups in total. The molecule has 21 heavy (non-hydrogen) atoms. The van der Waals surface area contributed by atoms with Gasteiger partial charge in [0.25, 0.3) is 5.91 Å². The van der Waals surface area contributed by atoms with E-state index in [-0.39, 0.29) is 23.1 Å². The average molecular weight is 308 g/mol. The quantitative estimate of drug-likeness (QED) is 0.666. The first-order valence-corrected chi connectivity index (χ1v) is 6.54. The maximum absolute atomic E-state index is 11.6. The highest BCUT2D eigenvalue weighted by Crippen LogP contribution is 2.28. The summed E-state index contributed by atoms with van der Waals surface area (Å²) in [5.41, 5.74) is 0.556. The van der Waals surface area contributed by atoms with Crippen molar-refractivity contribution in [2.75, 3.05) is 13.7 Å². The fraction of sp³-hybridized carbons (Fsp3) is 0.286. The monoisotopic (exact) mass is 307 g/mol. The number of nitrogens with zero attached hydrogens (tertiary/aromatic N) is 2. The molecule has 0 aromatic heterocycles. The highest BCUT2D eigenvalue weighted by Gasteiger charge is 2.17. The molecule has 0 spiro atoms. The van der Waals surface area contributed by atoms with Crippen molar-refractivity contribution >= 4 is 35.4 Å². The number of ether oxygens (including phenoxy) is 1. The van der Waals surface area contributed by atoms with Crippen molar-refractivity contribution in [3.63, 3.8) is 0 Å². The van der Waals surface area contributed by atoms with Crippen LogP contribution in [0.2, 0.25) is 5.02 Å². The van der Waals surface area contributed by atoms with Crippen LogP contribution in [0.1, 0.15) is 17.3 Å². The summed E-state index contributed by atoms with van der Waals surface area (Å²) in [7, 11) is 1.49. The number of hydrogen-bond acceptors (Lipinski definition) is 5. The molecule has 0 radical (unpaired) electrons. The molecule has 1 rings (SSSR count). The zero-order valence-corrected chi connectivity index (χ0v) is 12.3. The van der Waals surface area contributed by atoms with E-state index in [0.717, 1.165) is 6.21 Å². The maximum atomic E-state index is 11.6. The molecule has 0 heterocycles. The Kier molecular flexibility index (Phi) is 6.37. The minimum atomic E-state index is -1.12. The van der Waals surface area contributed by atoms with Crippen LogP contribution in [0.3, 0.4) is 0 Å². The normalized spacial score (nSPS) is 11.7. The number of amides is 1. The van der Waals surface area contributed by atoms with Gasteiger partial charge in [0.15, 0.2) is 5.92 Å². The number of carbonyl (C=O) groups excluding carboxylic acids is 2.